The van der Waals surface area contributed by atoms with Gasteiger partial charge in [-0.15, -0.1) is 0 Å². The SMILES string of the molecule is COc1ccc(/C(O)=C2/C(=O)C(=O)N(C3CCCC3)C2c2ccco2)cc1Br. The Hall–Kier alpha value is -2.54. The Bertz CT molecular complexity index is 944. The number of ketones is 1. The molecular weight excluding hydrogens is 426 g/mol. The van der Waals surface area contributed by atoms with Crippen molar-refractivity contribution in [1.29, 1.82) is 0 Å². The second-order valence-electron chi connectivity index (χ2n) is 7.01. The van der Waals surface area contributed by atoms with E-state index < -0.39 is 17.7 Å². The number of halogens is 1. The number of furan rings is 1. The molecule has 1 unspecified atom stereocenters. The molecule has 2 aliphatic rings. The monoisotopic (exact) mass is 445 g/mol. The van der Waals surface area contributed by atoms with Gasteiger partial charge in [0.1, 0.15) is 23.3 Å². The zero-order valence-corrected chi connectivity index (χ0v) is 16.9. The van der Waals surface area contributed by atoms with E-state index in [0.717, 1.165) is 25.7 Å². The highest BCUT2D eigenvalue weighted by Crippen LogP contribution is 2.43. The minimum Gasteiger partial charge on any atom is -0.507 e. The molecule has 1 aromatic heterocycles. The molecule has 0 radical (unpaired) electrons. The molecule has 2 fully saturated rings. The van der Waals surface area contributed by atoms with Gasteiger partial charge in [-0.25, -0.2) is 0 Å². The van der Waals surface area contributed by atoms with E-state index in [4.69, 9.17) is 9.15 Å². The molecular formula is C21H20BrNO5. The molecule has 1 aliphatic heterocycles. The van der Waals surface area contributed by atoms with Crippen LogP contribution in [0.25, 0.3) is 5.76 Å². The van der Waals surface area contributed by atoms with Crippen LogP contribution in [0.5, 0.6) is 5.75 Å². The van der Waals surface area contributed by atoms with Crippen molar-refractivity contribution in [3.63, 3.8) is 0 Å². The van der Waals surface area contributed by atoms with Crippen molar-refractivity contribution in [1.82, 2.24) is 4.90 Å². The van der Waals surface area contributed by atoms with E-state index in [1.807, 2.05) is 0 Å². The Kier molecular flexibility index (Phi) is 5.02. The van der Waals surface area contributed by atoms with E-state index in [1.54, 1.807) is 42.3 Å². The Morgan fingerprint density at radius 3 is 2.61 bits per heavy atom. The zero-order chi connectivity index (χ0) is 19.8. The quantitative estimate of drug-likeness (QED) is 0.428. The Labute approximate surface area is 170 Å². The predicted molar refractivity (Wildman–Crippen MR) is 106 cm³/mol. The lowest BCUT2D eigenvalue weighted by Crippen LogP contribution is -2.37. The maximum Gasteiger partial charge on any atom is 0.296 e. The molecule has 1 atom stereocenters. The molecule has 2 aromatic rings. The molecule has 2 heterocycles. The largest absolute Gasteiger partial charge is 0.507 e. The number of aliphatic hydroxyl groups excluding tert-OH is 1. The number of Topliss-reactive ketones (excluding diaryl/α,β-unsaturated/α-hetero) is 1. The van der Waals surface area contributed by atoms with Crippen LogP contribution in [0, 0.1) is 0 Å². The molecule has 1 saturated heterocycles. The second kappa shape index (κ2) is 7.47. The number of hydrogen-bond acceptors (Lipinski definition) is 5. The van der Waals surface area contributed by atoms with Crippen LogP contribution in [0.2, 0.25) is 0 Å². The summed E-state index contributed by atoms with van der Waals surface area (Å²) in [4.78, 5) is 27.4. The number of ether oxygens (including phenoxy) is 1. The Morgan fingerprint density at radius 2 is 2.00 bits per heavy atom. The number of methoxy groups -OCH3 is 1. The maximum atomic E-state index is 12.9. The lowest BCUT2D eigenvalue weighted by atomic mass is 9.98. The highest BCUT2D eigenvalue weighted by Gasteiger charge is 2.50. The third kappa shape index (κ3) is 3.03. The van der Waals surface area contributed by atoms with E-state index >= 15 is 0 Å². The van der Waals surface area contributed by atoms with Crippen molar-refractivity contribution in [2.24, 2.45) is 0 Å². The first-order valence-corrected chi connectivity index (χ1v) is 9.99. The maximum absolute atomic E-state index is 12.9. The number of carbonyl (C=O) groups is 2. The van der Waals surface area contributed by atoms with Crippen molar-refractivity contribution >= 4 is 33.4 Å². The topological polar surface area (TPSA) is 80.0 Å². The van der Waals surface area contributed by atoms with Gasteiger partial charge in [-0.1, -0.05) is 12.8 Å². The fourth-order valence-electron chi connectivity index (χ4n) is 4.10. The van der Waals surface area contributed by atoms with Crippen LogP contribution in [0.4, 0.5) is 0 Å². The normalized spacial score (nSPS) is 22.2. The van der Waals surface area contributed by atoms with E-state index in [9.17, 15) is 14.7 Å². The average molecular weight is 446 g/mol. The molecule has 1 N–H and O–H groups in total. The van der Waals surface area contributed by atoms with Gasteiger partial charge in [0.15, 0.2) is 0 Å². The summed E-state index contributed by atoms with van der Waals surface area (Å²) < 4.78 is 11.4. The summed E-state index contributed by atoms with van der Waals surface area (Å²) in [6.07, 6.45) is 5.23. The molecule has 0 bridgehead atoms. The molecule has 0 spiro atoms. The fraction of sp³-hybridized carbons (Fsp3) is 0.333. The van der Waals surface area contributed by atoms with E-state index in [0.29, 0.717) is 21.5 Å². The minimum atomic E-state index is -0.723. The molecule has 1 saturated carbocycles. The van der Waals surface area contributed by atoms with Crippen LogP contribution < -0.4 is 4.74 Å². The molecule has 1 aromatic carbocycles. The van der Waals surface area contributed by atoms with Gasteiger partial charge in [-0.3, -0.25) is 9.59 Å². The van der Waals surface area contributed by atoms with Gasteiger partial charge >= 0.3 is 0 Å². The van der Waals surface area contributed by atoms with Crippen molar-refractivity contribution in [2.45, 2.75) is 37.8 Å². The fourth-order valence-corrected chi connectivity index (χ4v) is 4.65. The van der Waals surface area contributed by atoms with Gasteiger partial charge in [-0.05, 0) is 59.1 Å². The number of rotatable bonds is 4. The van der Waals surface area contributed by atoms with Crippen LogP contribution in [-0.4, -0.2) is 34.8 Å². The number of aliphatic hydroxyl groups is 1. The van der Waals surface area contributed by atoms with Crippen LogP contribution >= 0.6 is 15.9 Å². The van der Waals surface area contributed by atoms with Crippen LogP contribution in [-0.2, 0) is 9.59 Å². The van der Waals surface area contributed by atoms with Crippen LogP contribution in [0.15, 0.2) is 51.1 Å². The summed E-state index contributed by atoms with van der Waals surface area (Å²) >= 11 is 3.39. The third-order valence-corrected chi connectivity index (χ3v) is 6.06. The number of likely N-dealkylation sites (tertiary alicyclic amines) is 1. The second-order valence-corrected chi connectivity index (χ2v) is 7.86. The Balaban J connectivity index is 1.85. The van der Waals surface area contributed by atoms with E-state index in [2.05, 4.69) is 15.9 Å². The van der Waals surface area contributed by atoms with Crippen LogP contribution in [0.1, 0.15) is 43.0 Å². The summed E-state index contributed by atoms with van der Waals surface area (Å²) in [7, 11) is 1.55. The highest BCUT2D eigenvalue weighted by atomic mass is 79.9. The minimum absolute atomic E-state index is 0.0283. The van der Waals surface area contributed by atoms with Crippen molar-refractivity contribution in [3.8, 4) is 5.75 Å². The Morgan fingerprint density at radius 1 is 1.25 bits per heavy atom. The summed E-state index contributed by atoms with van der Waals surface area (Å²) in [6, 6.07) is 7.70. The molecule has 6 nitrogen and oxygen atoms in total. The molecule has 4 rings (SSSR count). The first kappa shape index (κ1) is 18.8. The first-order chi connectivity index (χ1) is 13.5. The zero-order valence-electron chi connectivity index (χ0n) is 15.4. The van der Waals surface area contributed by atoms with Crippen molar-refractivity contribution < 1.29 is 23.8 Å². The van der Waals surface area contributed by atoms with Crippen molar-refractivity contribution in [3.05, 3.63) is 58.0 Å². The third-order valence-electron chi connectivity index (χ3n) is 5.44. The predicted octanol–water partition coefficient (Wildman–Crippen LogP) is 4.42. The number of benzene rings is 1. The summed E-state index contributed by atoms with van der Waals surface area (Å²) in [5.74, 6) is -0.408. The molecule has 146 valence electrons. The van der Waals surface area contributed by atoms with Gasteiger partial charge in [0.2, 0.25) is 0 Å². The molecule has 28 heavy (non-hydrogen) atoms. The van der Waals surface area contributed by atoms with Crippen LogP contribution in [0.3, 0.4) is 0 Å². The van der Waals surface area contributed by atoms with Crippen molar-refractivity contribution in [2.75, 3.05) is 7.11 Å². The summed E-state index contributed by atoms with van der Waals surface area (Å²) in [5, 5.41) is 11.0. The lowest BCUT2D eigenvalue weighted by Gasteiger charge is -2.29. The van der Waals surface area contributed by atoms with Gasteiger partial charge in [0.05, 0.1) is 23.4 Å². The lowest BCUT2D eigenvalue weighted by molar-refractivity contribution is -0.141. The molecule has 7 heteroatoms. The number of amides is 1. The van der Waals surface area contributed by atoms with E-state index in [1.165, 1.54) is 6.26 Å². The van der Waals surface area contributed by atoms with Gasteiger partial charge < -0.3 is 19.2 Å². The number of hydrogen-bond donors (Lipinski definition) is 1. The molecule has 1 amide bonds. The van der Waals surface area contributed by atoms with E-state index in [-0.39, 0.29) is 17.4 Å². The van der Waals surface area contributed by atoms with Gasteiger partial charge in [0, 0.05) is 11.6 Å². The number of nitrogens with zero attached hydrogens (tertiary/aromatic N) is 1. The summed E-state index contributed by atoms with van der Waals surface area (Å²) in [5.41, 5.74) is 0.484. The van der Waals surface area contributed by atoms with Gasteiger partial charge in [-0.2, -0.15) is 0 Å². The average Bonchev–Trinajstić information content (AvgIpc) is 3.43. The summed E-state index contributed by atoms with van der Waals surface area (Å²) in [6.45, 7) is 0. The standard InChI is InChI=1S/C21H20BrNO5/c1-27-15-9-8-12(11-14(15)22)19(24)17-18(16-7-4-10-28-16)23(21(26)20(17)25)13-5-2-3-6-13/h4,7-11,13,18,24H,2-3,5-6H2,1H3/b19-17-. The smallest absolute Gasteiger partial charge is 0.296 e. The number of carbonyl (C=O) groups excluding carboxylic acids is 2. The first-order valence-electron chi connectivity index (χ1n) is 9.20. The highest BCUT2D eigenvalue weighted by molar-refractivity contribution is 9.10. The van der Waals surface area contributed by atoms with Gasteiger partial charge in [0.25, 0.3) is 11.7 Å². The molecule has 1 aliphatic carbocycles.